The topological polar surface area (TPSA) is 32.3 Å². The fourth-order valence-corrected chi connectivity index (χ4v) is 2.79. The molecular weight excluding hydrogens is 176 g/mol. The van der Waals surface area contributed by atoms with Crippen molar-refractivity contribution in [2.45, 2.75) is 32.6 Å². The van der Waals surface area contributed by atoms with Crippen molar-refractivity contribution in [1.82, 2.24) is 10.2 Å². The minimum absolute atomic E-state index is 0.330. The van der Waals surface area contributed by atoms with Crippen molar-refractivity contribution in [1.29, 1.82) is 0 Å². The van der Waals surface area contributed by atoms with Gasteiger partial charge in [0.05, 0.1) is 0 Å². The van der Waals surface area contributed by atoms with E-state index in [0.717, 1.165) is 26.2 Å². The highest BCUT2D eigenvalue weighted by atomic mass is 16.2. The number of nitrogens with zero attached hydrogens (tertiary/aromatic N) is 1. The van der Waals surface area contributed by atoms with E-state index in [1.807, 2.05) is 6.92 Å². The van der Waals surface area contributed by atoms with Gasteiger partial charge >= 0.3 is 0 Å². The molecule has 14 heavy (non-hydrogen) atoms. The van der Waals surface area contributed by atoms with E-state index < -0.39 is 0 Å². The number of likely N-dealkylation sites (tertiary alicyclic amines) is 1. The van der Waals surface area contributed by atoms with Gasteiger partial charge in [-0.05, 0) is 25.8 Å². The Bertz CT molecular complexity index is 221. The normalized spacial score (nSPS) is 32.5. The lowest BCUT2D eigenvalue weighted by atomic mass is 9.79. The summed E-state index contributed by atoms with van der Waals surface area (Å²) in [6.07, 6.45) is 4.39. The molecule has 1 amide bonds. The Balaban J connectivity index is 1.99. The first-order valence-corrected chi connectivity index (χ1v) is 5.74. The summed E-state index contributed by atoms with van der Waals surface area (Å²) in [5.41, 5.74) is 0.420. The molecule has 1 unspecified atom stereocenters. The Kier molecular flexibility index (Phi) is 2.77. The van der Waals surface area contributed by atoms with Crippen LogP contribution in [0, 0.1) is 5.41 Å². The molecule has 1 N–H and O–H groups in total. The first kappa shape index (κ1) is 9.97. The van der Waals surface area contributed by atoms with Gasteiger partial charge < -0.3 is 10.2 Å². The zero-order valence-corrected chi connectivity index (χ0v) is 9.01. The van der Waals surface area contributed by atoms with E-state index in [1.54, 1.807) is 0 Å². The smallest absolute Gasteiger partial charge is 0.222 e. The summed E-state index contributed by atoms with van der Waals surface area (Å²) >= 11 is 0. The van der Waals surface area contributed by atoms with Crippen LogP contribution >= 0.6 is 0 Å². The summed E-state index contributed by atoms with van der Waals surface area (Å²) in [6.45, 7) is 6.17. The lowest BCUT2D eigenvalue weighted by molar-refractivity contribution is -0.134. The van der Waals surface area contributed by atoms with Crippen LogP contribution in [0.5, 0.6) is 0 Å². The van der Waals surface area contributed by atoms with Crippen LogP contribution in [0.25, 0.3) is 0 Å². The van der Waals surface area contributed by atoms with Gasteiger partial charge in [-0.15, -0.1) is 0 Å². The van der Waals surface area contributed by atoms with E-state index >= 15 is 0 Å². The molecule has 2 aliphatic rings. The van der Waals surface area contributed by atoms with Crippen molar-refractivity contribution in [2.75, 3.05) is 26.2 Å². The molecule has 2 rings (SSSR count). The number of amides is 1. The molecule has 3 heteroatoms. The molecule has 0 radical (unpaired) electrons. The minimum atomic E-state index is 0.330. The van der Waals surface area contributed by atoms with Crippen molar-refractivity contribution in [3.63, 3.8) is 0 Å². The lowest BCUT2D eigenvalue weighted by Crippen LogP contribution is -2.46. The monoisotopic (exact) mass is 196 g/mol. The number of nitrogens with one attached hydrogen (secondary N) is 1. The van der Waals surface area contributed by atoms with Gasteiger partial charge in [0.2, 0.25) is 5.91 Å². The van der Waals surface area contributed by atoms with Gasteiger partial charge in [-0.1, -0.05) is 6.92 Å². The maximum absolute atomic E-state index is 11.6. The minimum Gasteiger partial charge on any atom is -0.342 e. The zero-order valence-electron chi connectivity index (χ0n) is 9.01. The second-order valence-electron chi connectivity index (χ2n) is 4.70. The van der Waals surface area contributed by atoms with Gasteiger partial charge in [0, 0.05) is 31.5 Å². The quantitative estimate of drug-likeness (QED) is 0.678. The molecule has 2 saturated heterocycles. The molecule has 0 aliphatic carbocycles. The molecule has 3 nitrogen and oxygen atoms in total. The van der Waals surface area contributed by atoms with Crippen LogP contribution in [0.4, 0.5) is 0 Å². The summed E-state index contributed by atoms with van der Waals surface area (Å²) in [5.74, 6) is 0.330. The average molecular weight is 196 g/mol. The molecule has 0 saturated carbocycles. The SMILES string of the molecule is CCC(=O)N1CCCC2(CCNC2)C1. The number of carbonyl (C=O) groups is 1. The summed E-state index contributed by atoms with van der Waals surface area (Å²) in [4.78, 5) is 13.7. The Morgan fingerprint density at radius 3 is 3.00 bits per heavy atom. The number of carbonyl (C=O) groups excluding carboxylic acids is 1. The lowest BCUT2D eigenvalue weighted by Gasteiger charge is -2.40. The van der Waals surface area contributed by atoms with Gasteiger partial charge in [0.25, 0.3) is 0 Å². The van der Waals surface area contributed by atoms with E-state index in [1.165, 1.54) is 19.3 Å². The van der Waals surface area contributed by atoms with Gasteiger partial charge in [0.1, 0.15) is 0 Å². The molecule has 0 aromatic carbocycles. The molecule has 1 spiro atoms. The third-order valence-corrected chi connectivity index (χ3v) is 3.65. The second-order valence-corrected chi connectivity index (χ2v) is 4.70. The largest absolute Gasteiger partial charge is 0.342 e. The number of hydrogen-bond acceptors (Lipinski definition) is 2. The standard InChI is InChI=1S/C11H20N2O/c1-2-10(14)13-7-3-4-11(9-13)5-6-12-8-11/h12H,2-9H2,1H3. The molecule has 0 aromatic rings. The van der Waals surface area contributed by atoms with Gasteiger partial charge in [-0.2, -0.15) is 0 Å². The van der Waals surface area contributed by atoms with Crippen molar-refractivity contribution in [3.05, 3.63) is 0 Å². The van der Waals surface area contributed by atoms with Crippen molar-refractivity contribution >= 4 is 5.91 Å². The van der Waals surface area contributed by atoms with Crippen LogP contribution in [0.3, 0.4) is 0 Å². The van der Waals surface area contributed by atoms with E-state index in [-0.39, 0.29) is 0 Å². The molecular formula is C11H20N2O. The highest BCUT2D eigenvalue weighted by molar-refractivity contribution is 5.75. The van der Waals surface area contributed by atoms with E-state index in [4.69, 9.17) is 0 Å². The Labute approximate surface area is 85.8 Å². The second kappa shape index (κ2) is 3.89. The number of rotatable bonds is 1. The van der Waals surface area contributed by atoms with E-state index in [0.29, 0.717) is 17.7 Å². The number of hydrogen-bond donors (Lipinski definition) is 1. The average Bonchev–Trinajstić information content (AvgIpc) is 2.65. The van der Waals surface area contributed by atoms with Crippen molar-refractivity contribution < 1.29 is 4.79 Å². The summed E-state index contributed by atoms with van der Waals surface area (Å²) < 4.78 is 0. The fourth-order valence-electron chi connectivity index (χ4n) is 2.79. The molecule has 0 bridgehead atoms. The number of piperidine rings is 1. The third-order valence-electron chi connectivity index (χ3n) is 3.65. The molecule has 2 fully saturated rings. The molecule has 80 valence electrons. The van der Waals surface area contributed by atoms with Crippen LogP contribution < -0.4 is 5.32 Å². The van der Waals surface area contributed by atoms with Crippen molar-refractivity contribution in [2.24, 2.45) is 5.41 Å². The van der Waals surface area contributed by atoms with Crippen molar-refractivity contribution in [3.8, 4) is 0 Å². The van der Waals surface area contributed by atoms with Gasteiger partial charge in [-0.3, -0.25) is 4.79 Å². The summed E-state index contributed by atoms with van der Waals surface area (Å²) in [5, 5.41) is 3.42. The highest BCUT2D eigenvalue weighted by Gasteiger charge is 2.38. The first-order valence-electron chi connectivity index (χ1n) is 5.74. The molecule has 2 aliphatic heterocycles. The summed E-state index contributed by atoms with van der Waals surface area (Å²) in [7, 11) is 0. The summed E-state index contributed by atoms with van der Waals surface area (Å²) in [6, 6.07) is 0. The Morgan fingerprint density at radius 2 is 2.36 bits per heavy atom. The van der Waals surface area contributed by atoms with Crippen LogP contribution in [0.1, 0.15) is 32.6 Å². The fraction of sp³-hybridized carbons (Fsp3) is 0.909. The van der Waals surface area contributed by atoms with E-state index in [9.17, 15) is 4.79 Å². The van der Waals surface area contributed by atoms with Crippen LogP contribution in [-0.2, 0) is 4.79 Å². The van der Waals surface area contributed by atoms with Crippen LogP contribution in [0.2, 0.25) is 0 Å². The third kappa shape index (κ3) is 1.78. The first-order chi connectivity index (χ1) is 6.76. The predicted molar refractivity (Wildman–Crippen MR) is 56.0 cm³/mol. The maximum Gasteiger partial charge on any atom is 0.222 e. The zero-order chi connectivity index (χ0) is 10.0. The molecule has 0 aromatic heterocycles. The predicted octanol–water partition coefficient (Wildman–Crippen LogP) is 0.998. The van der Waals surface area contributed by atoms with Gasteiger partial charge in [-0.25, -0.2) is 0 Å². The highest BCUT2D eigenvalue weighted by Crippen LogP contribution is 2.35. The maximum atomic E-state index is 11.6. The Morgan fingerprint density at radius 1 is 1.50 bits per heavy atom. The van der Waals surface area contributed by atoms with Crippen LogP contribution in [0.15, 0.2) is 0 Å². The Hall–Kier alpha value is -0.570. The van der Waals surface area contributed by atoms with Crippen LogP contribution in [-0.4, -0.2) is 37.0 Å². The van der Waals surface area contributed by atoms with Gasteiger partial charge in [0.15, 0.2) is 0 Å². The van der Waals surface area contributed by atoms with E-state index in [2.05, 4.69) is 10.2 Å². The molecule has 2 heterocycles. The molecule has 1 atom stereocenters.